The number of fused-ring (bicyclic) bond motifs is 4. The first-order chi connectivity index (χ1) is 31.8. The van der Waals surface area contributed by atoms with Crippen LogP contribution in [0.2, 0.25) is 0 Å². The predicted octanol–water partition coefficient (Wildman–Crippen LogP) is 7.77. The van der Waals surface area contributed by atoms with E-state index in [0.29, 0.717) is 20.0 Å². The van der Waals surface area contributed by atoms with E-state index in [1.807, 2.05) is 54.7 Å². The van der Waals surface area contributed by atoms with Crippen LogP contribution in [0, 0.1) is 0 Å². The Bertz CT molecular complexity index is 2580. The van der Waals surface area contributed by atoms with E-state index in [2.05, 4.69) is 71.2 Å². The summed E-state index contributed by atoms with van der Waals surface area (Å²) in [6.07, 6.45) is 7.37. The van der Waals surface area contributed by atoms with Crippen molar-refractivity contribution in [2.24, 2.45) is 11.5 Å². The van der Waals surface area contributed by atoms with E-state index in [1.165, 1.54) is 21.0 Å². The van der Waals surface area contributed by atoms with Gasteiger partial charge in [0.15, 0.2) is 23.0 Å². The lowest BCUT2D eigenvalue weighted by atomic mass is 10.1. The van der Waals surface area contributed by atoms with Crippen molar-refractivity contribution in [1.29, 1.82) is 0 Å². The number of carbonyl (C=O) groups is 2. The Balaban J connectivity index is 0.000000164. The van der Waals surface area contributed by atoms with Gasteiger partial charge in [-0.1, -0.05) is 36.4 Å². The molecule has 2 fully saturated rings. The Hall–Kier alpha value is -6.36. The number of piperazine rings is 2. The summed E-state index contributed by atoms with van der Waals surface area (Å²) in [5.41, 5.74) is 15.9. The van der Waals surface area contributed by atoms with Gasteiger partial charge in [-0.25, -0.2) is 9.59 Å². The zero-order valence-electron chi connectivity index (χ0n) is 36.8. The SMILES string of the molecule is NC(=O)Nc1c(CCCCN2CCN(c3ccc4c(c3)OCCO4)CC2)sc2ccccc12.NC(=O)Nc1cn(CCCCN2CCN(c3ccc4c(c3)OCO4)CC2)c2ccccc12. The molecule has 2 aromatic heterocycles. The average molecular weight is 902 g/mol. The number of thiophene rings is 1. The van der Waals surface area contributed by atoms with Crippen molar-refractivity contribution >= 4 is 67.1 Å². The van der Waals surface area contributed by atoms with Crippen LogP contribution >= 0.6 is 11.3 Å². The number of aromatic nitrogens is 1. The number of nitrogens with two attached hydrogens (primary N) is 2. The minimum Gasteiger partial charge on any atom is -0.486 e. The van der Waals surface area contributed by atoms with Crippen molar-refractivity contribution < 1.29 is 28.5 Å². The quantitative estimate of drug-likeness (QED) is 0.0794. The van der Waals surface area contributed by atoms with Crippen molar-refractivity contribution in [2.75, 3.05) is 106 Å². The van der Waals surface area contributed by atoms with E-state index in [0.717, 1.165) is 155 Å². The first-order valence-corrected chi connectivity index (χ1v) is 23.6. The fourth-order valence-electron chi connectivity index (χ4n) is 9.21. The van der Waals surface area contributed by atoms with Crippen LogP contribution in [-0.4, -0.2) is 112 Å². The van der Waals surface area contributed by atoms with Crippen molar-refractivity contribution in [3.8, 4) is 23.0 Å². The number of benzene rings is 4. The van der Waals surface area contributed by atoms with Crippen LogP contribution in [0.5, 0.6) is 23.0 Å². The summed E-state index contributed by atoms with van der Waals surface area (Å²) in [6, 6.07) is 27.7. The molecule has 0 aliphatic carbocycles. The lowest BCUT2D eigenvalue weighted by Crippen LogP contribution is -2.46. The molecule has 65 heavy (non-hydrogen) atoms. The number of nitrogens with zero attached hydrogens (tertiary/aromatic N) is 5. The number of primary amides is 2. The molecule has 2 saturated heterocycles. The van der Waals surface area contributed by atoms with Crippen LogP contribution < -0.4 is 50.8 Å². The van der Waals surface area contributed by atoms with E-state index < -0.39 is 12.1 Å². The van der Waals surface area contributed by atoms with Gasteiger partial charge in [-0.15, -0.1) is 11.3 Å². The summed E-state index contributed by atoms with van der Waals surface area (Å²) in [4.78, 5) is 33.9. The van der Waals surface area contributed by atoms with Gasteiger partial charge in [-0.05, 0) is 81.6 Å². The number of nitrogens with one attached hydrogen (secondary N) is 2. The van der Waals surface area contributed by atoms with E-state index in [4.69, 9.17) is 30.4 Å². The van der Waals surface area contributed by atoms with Gasteiger partial charge in [0.1, 0.15) is 13.2 Å². The van der Waals surface area contributed by atoms with Crippen LogP contribution in [-0.2, 0) is 13.0 Å². The van der Waals surface area contributed by atoms with Crippen LogP contribution in [0.25, 0.3) is 21.0 Å². The number of rotatable bonds is 14. The highest BCUT2D eigenvalue weighted by Crippen LogP contribution is 2.38. The highest BCUT2D eigenvalue weighted by molar-refractivity contribution is 7.19. The monoisotopic (exact) mass is 901 g/mol. The molecule has 0 bridgehead atoms. The third-order valence-corrected chi connectivity index (χ3v) is 13.8. The smallest absolute Gasteiger partial charge is 0.316 e. The molecule has 0 radical (unpaired) electrons. The van der Waals surface area contributed by atoms with Crippen LogP contribution in [0.3, 0.4) is 0 Å². The normalized spacial score (nSPS) is 16.1. The summed E-state index contributed by atoms with van der Waals surface area (Å²) in [5.74, 6) is 3.38. The predicted molar refractivity (Wildman–Crippen MR) is 260 cm³/mol. The van der Waals surface area contributed by atoms with Gasteiger partial charge in [0, 0.05) is 109 Å². The van der Waals surface area contributed by atoms with Gasteiger partial charge in [-0.2, -0.15) is 0 Å². The maximum absolute atomic E-state index is 11.5. The Morgan fingerprint density at radius 2 is 1.14 bits per heavy atom. The number of unbranched alkanes of at least 4 members (excludes halogenated alkanes) is 2. The average Bonchev–Trinajstić information content (AvgIpc) is 4.05. The molecule has 10 rings (SSSR count). The number of hydrogen-bond acceptors (Lipinski definition) is 11. The summed E-state index contributed by atoms with van der Waals surface area (Å²) < 4.78 is 25.7. The standard InChI is InChI=1S/C25H30N4O3S.C24H29N5O3/c26-25(30)27-24-19-5-1-2-6-22(19)33-23(24)7-3-4-10-28-11-13-29(14-12-28)18-8-9-20-21(17-18)32-16-15-31-20;25-24(30)26-20-16-29(21-6-2-1-5-19(20)21)10-4-3-9-27-11-13-28(14-12-27)18-7-8-22-23(15-18)32-17-31-22/h1-2,5-6,8-9,17H,3-4,7,10-16H2,(H3,26,27,30);1-2,5-8,15-16H,3-4,9-14,17H2,(H3,25,26,30). The topological polar surface area (TPSA) is 165 Å². The molecule has 16 heteroatoms. The highest BCUT2D eigenvalue weighted by atomic mass is 32.1. The van der Waals surface area contributed by atoms with Crippen LogP contribution in [0.1, 0.15) is 30.6 Å². The molecule has 4 aliphatic rings. The minimum atomic E-state index is -0.534. The third kappa shape index (κ3) is 10.8. The second kappa shape index (κ2) is 20.6. The van der Waals surface area contributed by atoms with Gasteiger partial charge in [0.2, 0.25) is 6.79 Å². The number of ether oxygens (including phenoxy) is 4. The Morgan fingerprint density at radius 1 is 0.585 bits per heavy atom. The minimum absolute atomic E-state index is 0.314. The Labute approximate surface area is 383 Å². The third-order valence-electron chi connectivity index (χ3n) is 12.6. The molecule has 0 spiro atoms. The molecule has 0 unspecified atom stereocenters. The van der Waals surface area contributed by atoms with E-state index in [-0.39, 0.29) is 0 Å². The zero-order valence-corrected chi connectivity index (χ0v) is 37.7. The number of hydrogen-bond donors (Lipinski definition) is 4. The number of carbonyl (C=O) groups excluding carboxylic acids is 2. The van der Waals surface area contributed by atoms with E-state index >= 15 is 0 Å². The maximum Gasteiger partial charge on any atom is 0.316 e. The molecule has 4 aromatic carbocycles. The van der Waals surface area contributed by atoms with Gasteiger partial charge in [-0.3, -0.25) is 9.80 Å². The fourth-order valence-corrected chi connectivity index (χ4v) is 10.4. The first kappa shape index (κ1) is 43.9. The summed E-state index contributed by atoms with van der Waals surface area (Å²) in [6.45, 7) is 13.0. The number of anilines is 4. The van der Waals surface area contributed by atoms with Gasteiger partial charge >= 0.3 is 12.1 Å². The lowest BCUT2D eigenvalue weighted by Gasteiger charge is -2.36. The highest BCUT2D eigenvalue weighted by Gasteiger charge is 2.22. The summed E-state index contributed by atoms with van der Waals surface area (Å²) >= 11 is 1.75. The summed E-state index contributed by atoms with van der Waals surface area (Å²) in [7, 11) is 0. The number of urea groups is 2. The van der Waals surface area contributed by atoms with Crippen molar-refractivity contribution in [3.63, 3.8) is 0 Å². The van der Waals surface area contributed by atoms with Crippen molar-refractivity contribution in [1.82, 2.24) is 14.4 Å². The molecule has 0 atom stereocenters. The number of amides is 4. The molecule has 342 valence electrons. The van der Waals surface area contributed by atoms with Gasteiger partial charge in [0.05, 0.1) is 16.9 Å². The summed E-state index contributed by atoms with van der Waals surface area (Å²) in [5, 5.41) is 7.67. The van der Waals surface area contributed by atoms with Gasteiger partial charge in [0.25, 0.3) is 0 Å². The molecule has 4 amide bonds. The Kier molecular flexibility index (Phi) is 13.9. The fraction of sp³-hybridized carbons (Fsp3) is 0.388. The molecule has 15 nitrogen and oxygen atoms in total. The molecule has 6 heterocycles. The molecule has 0 saturated carbocycles. The van der Waals surface area contributed by atoms with E-state index in [1.54, 1.807) is 11.3 Å². The number of aryl methyl sites for hydroxylation is 2. The second-order valence-electron chi connectivity index (χ2n) is 16.8. The second-order valence-corrected chi connectivity index (χ2v) is 18.0. The molecule has 6 N–H and O–H groups in total. The molecular formula is C49H59N9O6S. The Morgan fingerprint density at radius 3 is 1.82 bits per heavy atom. The maximum atomic E-state index is 11.5. The van der Waals surface area contributed by atoms with Gasteiger partial charge < -0.3 is 55.4 Å². The van der Waals surface area contributed by atoms with Crippen molar-refractivity contribution in [2.45, 2.75) is 38.6 Å². The number of para-hydroxylation sites is 1. The zero-order chi connectivity index (χ0) is 44.5. The van der Waals surface area contributed by atoms with Crippen molar-refractivity contribution in [3.05, 3.63) is 96.0 Å². The molecule has 4 aliphatic heterocycles. The molecular weight excluding hydrogens is 843 g/mol. The lowest BCUT2D eigenvalue weighted by molar-refractivity contribution is 0.171. The molecule has 6 aromatic rings. The largest absolute Gasteiger partial charge is 0.486 e. The van der Waals surface area contributed by atoms with Crippen LogP contribution in [0.15, 0.2) is 91.1 Å². The van der Waals surface area contributed by atoms with E-state index in [9.17, 15) is 9.59 Å². The van der Waals surface area contributed by atoms with Crippen LogP contribution in [0.4, 0.5) is 32.3 Å². The first-order valence-electron chi connectivity index (χ1n) is 22.8.